The minimum Gasteiger partial charge on any atom is -0.406 e. The maximum Gasteiger partial charge on any atom is 0.573 e. The molecule has 4 rings (SSSR count). The number of halogens is 4. The zero-order chi connectivity index (χ0) is 21.3. The van der Waals surface area contributed by atoms with Crippen molar-refractivity contribution >= 4 is 11.6 Å². The number of benzene rings is 1. The number of ether oxygens (including phenoxy) is 1. The van der Waals surface area contributed by atoms with Gasteiger partial charge < -0.3 is 4.74 Å². The Balaban J connectivity index is 1.72. The summed E-state index contributed by atoms with van der Waals surface area (Å²) in [6.45, 7) is 0. The lowest BCUT2D eigenvalue weighted by Gasteiger charge is -2.11. The Bertz CT molecular complexity index is 1250. The van der Waals surface area contributed by atoms with Gasteiger partial charge in [-0.2, -0.15) is 10.2 Å². The second-order valence-corrected chi connectivity index (χ2v) is 6.37. The van der Waals surface area contributed by atoms with E-state index in [0.29, 0.717) is 17.1 Å². The third-order valence-electron chi connectivity index (χ3n) is 3.98. The molecule has 11 heteroatoms. The van der Waals surface area contributed by atoms with Crippen molar-refractivity contribution in [3.05, 3.63) is 82.5 Å². The SMILES string of the molecule is O=c1ccn(-c2ccc(OC(F)(F)F)cc2)nc1-c1ccnn1-c1ccnc(Cl)c1. The van der Waals surface area contributed by atoms with E-state index in [1.165, 1.54) is 46.2 Å². The van der Waals surface area contributed by atoms with Gasteiger partial charge in [-0.1, -0.05) is 11.6 Å². The number of hydrogen-bond acceptors (Lipinski definition) is 5. The molecule has 4 aromatic rings. The van der Waals surface area contributed by atoms with Gasteiger partial charge in [0.05, 0.1) is 23.3 Å². The first-order chi connectivity index (χ1) is 14.3. The van der Waals surface area contributed by atoms with E-state index in [1.807, 2.05) is 0 Å². The lowest BCUT2D eigenvalue weighted by molar-refractivity contribution is -0.274. The zero-order valence-electron chi connectivity index (χ0n) is 14.9. The molecule has 0 aliphatic rings. The van der Waals surface area contributed by atoms with E-state index in [-0.39, 0.29) is 22.0 Å². The van der Waals surface area contributed by atoms with Crippen molar-refractivity contribution in [2.45, 2.75) is 6.36 Å². The predicted octanol–water partition coefficient (Wildman–Crippen LogP) is 4.03. The number of pyridine rings is 1. The van der Waals surface area contributed by atoms with Crippen LogP contribution in [0, 0.1) is 0 Å². The van der Waals surface area contributed by atoms with Crippen LogP contribution in [0.25, 0.3) is 22.8 Å². The standard InChI is InChI=1S/C19H11ClF3N5O2/c20-17-11-13(5-8-24-17)28-15(6-9-25-28)18-16(29)7-10-27(26-18)12-1-3-14(4-2-12)30-19(21,22)23/h1-11H. The molecule has 0 bridgehead atoms. The minimum absolute atomic E-state index is 0.0959. The number of hydrogen-bond donors (Lipinski definition) is 0. The molecular weight excluding hydrogens is 423 g/mol. The van der Waals surface area contributed by atoms with Crippen molar-refractivity contribution in [3.63, 3.8) is 0 Å². The predicted molar refractivity (Wildman–Crippen MR) is 102 cm³/mol. The quantitative estimate of drug-likeness (QED) is 0.454. The van der Waals surface area contributed by atoms with E-state index < -0.39 is 6.36 Å². The van der Waals surface area contributed by atoms with Gasteiger partial charge in [0.25, 0.3) is 0 Å². The number of rotatable bonds is 4. The molecule has 0 amide bonds. The Morgan fingerprint density at radius 3 is 2.43 bits per heavy atom. The summed E-state index contributed by atoms with van der Waals surface area (Å²) in [4.78, 5) is 16.4. The first kappa shape index (κ1) is 19.6. The Hall–Kier alpha value is -3.66. The van der Waals surface area contributed by atoms with Crippen LogP contribution in [0.4, 0.5) is 13.2 Å². The monoisotopic (exact) mass is 433 g/mol. The summed E-state index contributed by atoms with van der Waals surface area (Å²) in [6, 6.07) is 11.3. The van der Waals surface area contributed by atoms with Gasteiger partial charge in [-0.05, 0) is 36.4 Å². The normalized spacial score (nSPS) is 11.5. The highest BCUT2D eigenvalue weighted by atomic mass is 35.5. The molecule has 30 heavy (non-hydrogen) atoms. The molecule has 0 spiro atoms. The molecule has 0 atom stereocenters. The molecule has 3 aromatic heterocycles. The molecule has 0 radical (unpaired) electrons. The second kappa shape index (κ2) is 7.64. The molecule has 3 heterocycles. The van der Waals surface area contributed by atoms with Crippen molar-refractivity contribution in [3.8, 4) is 28.5 Å². The average Bonchev–Trinajstić information content (AvgIpc) is 3.17. The Labute approximate surface area is 171 Å². The van der Waals surface area contributed by atoms with E-state index in [4.69, 9.17) is 11.6 Å². The van der Waals surface area contributed by atoms with Crippen LogP contribution in [0.3, 0.4) is 0 Å². The van der Waals surface area contributed by atoms with Crippen LogP contribution in [-0.2, 0) is 0 Å². The van der Waals surface area contributed by atoms with E-state index in [1.54, 1.807) is 18.2 Å². The molecule has 152 valence electrons. The minimum atomic E-state index is -4.78. The number of alkyl halides is 3. The van der Waals surface area contributed by atoms with Crippen molar-refractivity contribution in [2.75, 3.05) is 0 Å². The van der Waals surface area contributed by atoms with Crippen LogP contribution in [0.5, 0.6) is 5.75 Å². The lowest BCUT2D eigenvalue weighted by Crippen LogP contribution is -2.17. The molecule has 0 saturated carbocycles. The molecule has 0 N–H and O–H groups in total. The topological polar surface area (TPSA) is 74.8 Å². The highest BCUT2D eigenvalue weighted by Crippen LogP contribution is 2.24. The van der Waals surface area contributed by atoms with E-state index in [0.717, 1.165) is 12.1 Å². The van der Waals surface area contributed by atoms with Crippen LogP contribution in [0.15, 0.2) is 71.9 Å². The van der Waals surface area contributed by atoms with Gasteiger partial charge in [-0.3, -0.25) is 4.79 Å². The molecule has 0 aliphatic carbocycles. The van der Waals surface area contributed by atoms with Gasteiger partial charge >= 0.3 is 6.36 Å². The summed E-state index contributed by atoms with van der Waals surface area (Å²) in [6.07, 6.45) is -0.357. The third kappa shape index (κ3) is 4.18. The molecule has 0 unspecified atom stereocenters. The molecule has 0 aliphatic heterocycles. The van der Waals surface area contributed by atoms with E-state index >= 15 is 0 Å². The fraction of sp³-hybridized carbons (Fsp3) is 0.0526. The van der Waals surface area contributed by atoms with Gasteiger partial charge in [0, 0.05) is 24.5 Å². The van der Waals surface area contributed by atoms with Crippen LogP contribution in [0.1, 0.15) is 0 Å². The van der Waals surface area contributed by atoms with Crippen LogP contribution in [-0.4, -0.2) is 30.9 Å². The Morgan fingerprint density at radius 1 is 0.967 bits per heavy atom. The summed E-state index contributed by atoms with van der Waals surface area (Å²) >= 11 is 5.94. The van der Waals surface area contributed by atoms with Crippen LogP contribution < -0.4 is 10.2 Å². The first-order valence-corrected chi connectivity index (χ1v) is 8.80. The maximum absolute atomic E-state index is 12.5. The first-order valence-electron chi connectivity index (χ1n) is 8.43. The average molecular weight is 434 g/mol. The Kier molecular flexibility index (Phi) is 5.00. The van der Waals surface area contributed by atoms with Crippen LogP contribution >= 0.6 is 11.6 Å². The summed E-state index contributed by atoms with van der Waals surface area (Å²) in [5, 5.41) is 8.80. The molecule has 7 nitrogen and oxygen atoms in total. The Morgan fingerprint density at radius 2 is 1.73 bits per heavy atom. The number of nitrogens with zero attached hydrogens (tertiary/aromatic N) is 5. The number of aromatic nitrogens is 5. The van der Waals surface area contributed by atoms with Crippen molar-refractivity contribution in [2.24, 2.45) is 0 Å². The second-order valence-electron chi connectivity index (χ2n) is 5.98. The van der Waals surface area contributed by atoms with Gasteiger partial charge in [0.2, 0.25) is 5.43 Å². The van der Waals surface area contributed by atoms with Crippen molar-refractivity contribution in [1.29, 1.82) is 0 Å². The molecule has 0 fully saturated rings. The fourth-order valence-corrected chi connectivity index (χ4v) is 2.91. The smallest absolute Gasteiger partial charge is 0.406 e. The molecular formula is C19H11ClF3N5O2. The van der Waals surface area contributed by atoms with E-state index in [9.17, 15) is 18.0 Å². The lowest BCUT2D eigenvalue weighted by atomic mass is 10.2. The van der Waals surface area contributed by atoms with Gasteiger partial charge in [-0.25, -0.2) is 14.3 Å². The maximum atomic E-state index is 12.5. The zero-order valence-corrected chi connectivity index (χ0v) is 15.7. The van der Waals surface area contributed by atoms with Crippen molar-refractivity contribution in [1.82, 2.24) is 24.5 Å². The highest BCUT2D eigenvalue weighted by molar-refractivity contribution is 6.29. The fourth-order valence-electron chi connectivity index (χ4n) is 2.74. The third-order valence-corrected chi connectivity index (χ3v) is 4.19. The van der Waals surface area contributed by atoms with Gasteiger partial charge in [0.15, 0.2) is 5.69 Å². The van der Waals surface area contributed by atoms with Gasteiger partial charge in [-0.15, -0.1) is 13.2 Å². The molecule has 1 aromatic carbocycles. The van der Waals surface area contributed by atoms with Gasteiger partial charge in [0.1, 0.15) is 10.9 Å². The summed E-state index contributed by atoms with van der Waals surface area (Å²) < 4.78 is 43.7. The molecule has 0 saturated heterocycles. The van der Waals surface area contributed by atoms with Crippen LogP contribution in [0.2, 0.25) is 5.15 Å². The highest BCUT2D eigenvalue weighted by Gasteiger charge is 2.31. The van der Waals surface area contributed by atoms with E-state index in [2.05, 4.69) is 19.9 Å². The largest absolute Gasteiger partial charge is 0.573 e. The summed E-state index contributed by atoms with van der Waals surface area (Å²) in [5.74, 6) is -0.361. The van der Waals surface area contributed by atoms with Crippen molar-refractivity contribution < 1.29 is 17.9 Å². The summed E-state index contributed by atoms with van der Waals surface area (Å²) in [7, 11) is 0. The summed E-state index contributed by atoms with van der Waals surface area (Å²) in [5.41, 5.74) is 1.17.